The van der Waals surface area contributed by atoms with Crippen LogP contribution < -0.4 is 0 Å². The minimum absolute atomic E-state index is 0.259. The highest BCUT2D eigenvalue weighted by atomic mass is 16.7. The molecular weight excluding hydrogens is 256 g/mol. The molecule has 0 atom stereocenters. The van der Waals surface area contributed by atoms with Crippen LogP contribution in [0.25, 0.3) is 0 Å². The average molecular weight is 282 g/mol. The lowest BCUT2D eigenvalue weighted by Gasteiger charge is -2.42. The van der Waals surface area contributed by atoms with Crippen molar-refractivity contribution in [1.82, 2.24) is 0 Å². The molecular formula is C16H26O4. The Bertz CT molecular complexity index is 390. The van der Waals surface area contributed by atoms with Gasteiger partial charge in [0.1, 0.15) is 0 Å². The van der Waals surface area contributed by atoms with E-state index in [1.807, 2.05) is 20.8 Å². The van der Waals surface area contributed by atoms with Gasteiger partial charge in [0.15, 0.2) is 0 Å². The quantitative estimate of drug-likeness (QED) is 0.405. The van der Waals surface area contributed by atoms with Crippen molar-refractivity contribution in [2.24, 2.45) is 5.41 Å². The van der Waals surface area contributed by atoms with E-state index in [2.05, 4.69) is 13.2 Å². The van der Waals surface area contributed by atoms with E-state index in [1.54, 1.807) is 20.8 Å². The molecule has 0 aliphatic heterocycles. The molecule has 0 fully saturated rings. The Labute approximate surface area is 121 Å². The summed E-state index contributed by atoms with van der Waals surface area (Å²) in [5.74, 6) is -2.52. The first-order valence-corrected chi connectivity index (χ1v) is 6.74. The highest BCUT2D eigenvalue weighted by Gasteiger charge is 2.47. The predicted octanol–water partition coefficient (Wildman–Crippen LogP) is 3.77. The van der Waals surface area contributed by atoms with Crippen molar-refractivity contribution in [3.8, 4) is 0 Å². The lowest BCUT2D eigenvalue weighted by atomic mass is 9.79. The Morgan fingerprint density at radius 1 is 0.950 bits per heavy atom. The van der Waals surface area contributed by atoms with Gasteiger partial charge >= 0.3 is 11.9 Å². The number of hydrogen-bond acceptors (Lipinski definition) is 4. The van der Waals surface area contributed by atoms with Gasteiger partial charge in [-0.2, -0.15) is 0 Å². The second-order valence-electron chi connectivity index (χ2n) is 5.92. The summed E-state index contributed by atoms with van der Waals surface area (Å²) in [6.45, 7) is 17.6. The van der Waals surface area contributed by atoms with E-state index in [0.29, 0.717) is 0 Å². The number of hydrogen-bond donors (Lipinski definition) is 0. The maximum absolute atomic E-state index is 11.8. The maximum atomic E-state index is 11.8. The van der Waals surface area contributed by atoms with Crippen LogP contribution in [0.1, 0.15) is 54.4 Å². The van der Waals surface area contributed by atoms with E-state index < -0.39 is 23.1 Å². The van der Waals surface area contributed by atoms with Crippen LogP contribution in [-0.2, 0) is 19.1 Å². The molecule has 114 valence electrons. The molecule has 0 radical (unpaired) electrons. The Kier molecular flexibility index (Phi) is 6.20. The molecule has 0 saturated carbocycles. The molecule has 0 spiro atoms. The van der Waals surface area contributed by atoms with Gasteiger partial charge in [0, 0.05) is 23.5 Å². The molecule has 0 rings (SSSR count). The van der Waals surface area contributed by atoms with Crippen molar-refractivity contribution in [3.05, 3.63) is 24.3 Å². The molecule has 0 aromatic rings. The number of carbonyl (C=O) groups excluding carboxylic acids is 2. The molecule has 20 heavy (non-hydrogen) atoms. The molecule has 0 aliphatic rings. The summed E-state index contributed by atoms with van der Waals surface area (Å²) in [6, 6.07) is 0. The van der Waals surface area contributed by atoms with Crippen LogP contribution in [-0.4, -0.2) is 17.7 Å². The van der Waals surface area contributed by atoms with E-state index >= 15 is 0 Å². The van der Waals surface area contributed by atoms with Gasteiger partial charge in [-0.25, -0.2) is 9.59 Å². The zero-order valence-corrected chi connectivity index (χ0v) is 13.5. The van der Waals surface area contributed by atoms with E-state index in [-0.39, 0.29) is 11.1 Å². The third kappa shape index (κ3) is 4.51. The fourth-order valence-electron chi connectivity index (χ4n) is 1.68. The summed E-state index contributed by atoms with van der Waals surface area (Å²) < 4.78 is 10.8. The SMILES string of the molecule is C=C(C)C(=O)OC(C)(OC(=O)C(=C)C)C(C)(C)CCC. The molecule has 0 amide bonds. The van der Waals surface area contributed by atoms with Crippen LogP contribution >= 0.6 is 0 Å². The van der Waals surface area contributed by atoms with Crippen LogP contribution in [0, 0.1) is 5.41 Å². The Morgan fingerprint density at radius 3 is 1.55 bits per heavy atom. The number of esters is 2. The van der Waals surface area contributed by atoms with E-state index in [9.17, 15) is 9.59 Å². The third-order valence-electron chi connectivity index (χ3n) is 3.38. The van der Waals surface area contributed by atoms with Crippen molar-refractivity contribution in [2.75, 3.05) is 0 Å². The molecule has 0 heterocycles. The summed E-state index contributed by atoms with van der Waals surface area (Å²) >= 11 is 0. The normalized spacial score (nSPS) is 11.7. The first-order valence-electron chi connectivity index (χ1n) is 6.74. The standard InChI is InChI=1S/C16H26O4/c1-9-10-15(6,7)16(8,19-13(17)11(2)3)20-14(18)12(4)5/h2,4,9-10H2,1,3,5-8H3. The van der Waals surface area contributed by atoms with Crippen molar-refractivity contribution >= 4 is 11.9 Å². The average Bonchev–Trinajstić information content (AvgIpc) is 2.27. The first-order chi connectivity index (χ1) is 8.97. The Hall–Kier alpha value is -1.58. The van der Waals surface area contributed by atoms with Gasteiger partial charge < -0.3 is 9.47 Å². The number of ether oxygens (including phenoxy) is 2. The molecule has 0 saturated heterocycles. The van der Waals surface area contributed by atoms with E-state index in [1.165, 1.54) is 0 Å². The first kappa shape index (κ1) is 18.4. The van der Waals surface area contributed by atoms with Gasteiger partial charge in [-0.15, -0.1) is 0 Å². The molecule has 0 bridgehead atoms. The molecule has 0 aliphatic carbocycles. The fraction of sp³-hybridized carbons (Fsp3) is 0.625. The van der Waals surface area contributed by atoms with Gasteiger partial charge in [0.05, 0.1) is 0 Å². The fourth-order valence-corrected chi connectivity index (χ4v) is 1.68. The van der Waals surface area contributed by atoms with Crippen LogP contribution in [0.5, 0.6) is 0 Å². The van der Waals surface area contributed by atoms with Gasteiger partial charge in [0.25, 0.3) is 5.79 Å². The summed E-state index contributed by atoms with van der Waals surface area (Å²) in [4.78, 5) is 23.7. The number of carbonyl (C=O) groups is 2. The highest BCUT2D eigenvalue weighted by molar-refractivity contribution is 5.89. The lowest BCUT2D eigenvalue weighted by molar-refractivity contribution is -0.256. The van der Waals surface area contributed by atoms with Crippen molar-refractivity contribution in [2.45, 2.75) is 60.2 Å². The van der Waals surface area contributed by atoms with E-state index in [4.69, 9.17) is 9.47 Å². The van der Waals surface area contributed by atoms with Crippen molar-refractivity contribution in [1.29, 1.82) is 0 Å². The lowest BCUT2D eigenvalue weighted by Crippen LogP contribution is -2.49. The second kappa shape index (κ2) is 6.73. The van der Waals surface area contributed by atoms with Crippen LogP contribution in [0.15, 0.2) is 24.3 Å². The third-order valence-corrected chi connectivity index (χ3v) is 3.38. The number of rotatable bonds is 7. The second-order valence-corrected chi connectivity index (χ2v) is 5.92. The molecule has 4 heteroatoms. The van der Waals surface area contributed by atoms with Crippen molar-refractivity contribution in [3.63, 3.8) is 0 Å². The van der Waals surface area contributed by atoms with E-state index in [0.717, 1.165) is 12.8 Å². The van der Waals surface area contributed by atoms with Gasteiger partial charge in [-0.1, -0.05) is 40.3 Å². The van der Waals surface area contributed by atoms with Crippen molar-refractivity contribution < 1.29 is 19.1 Å². The summed E-state index contributed by atoms with van der Waals surface area (Å²) in [5.41, 5.74) is -0.0115. The summed E-state index contributed by atoms with van der Waals surface area (Å²) in [7, 11) is 0. The minimum Gasteiger partial charge on any atom is -0.419 e. The zero-order chi connectivity index (χ0) is 16.1. The predicted molar refractivity (Wildman–Crippen MR) is 78.9 cm³/mol. The van der Waals surface area contributed by atoms with Crippen LogP contribution in [0.4, 0.5) is 0 Å². The van der Waals surface area contributed by atoms with Crippen LogP contribution in [0.2, 0.25) is 0 Å². The summed E-state index contributed by atoms with van der Waals surface area (Å²) in [6.07, 6.45) is 1.61. The topological polar surface area (TPSA) is 52.6 Å². The smallest absolute Gasteiger partial charge is 0.336 e. The molecule has 0 unspecified atom stereocenters. The van der Waals surface area contributed by atoms with Gasteiger partial charge in [0.2, 0.25) is 0 Å². The maximum Gasteiger partial charge on any atom is 0.336 e. The largest absolute Gasteiger partial charge is 0.419 e. The van der Waals surface area contributed by atoms with Crippen LogP contribution in [0.3, 0.4) is 0 Å². The monoisotopic (exact) mass is 282 g/mol. The summed E-state index contributed by atoms with van der Waals surface area (Å²) in [5, 5.41) is 0. The molecule has 0 N–H and O–H groups in total. The zero-order valence-electron chi connectivity index (χ0n) is 13.5. The Balaban J connectivity index is 5.43. The minimum atomic E-state index is -1.37. The molecule has 0 aromatic carbocycles. The Morgan fingerprint density at radius 2 is 1.30 bits per heavy atom. The molecule has 0 aromatic heterocycles. The highest BCUT2D eigenvalue weighted by Crippen LogP contribution is 2.40. The molecule has 4 nitrogen and oxygen atoms in total. The van der Waals surface area contributed by atoms with Gasteiger partial charge in [-0.05, 0) is 20.3 Å². The van der Waals surface area contributed by atoms with Gasteiger partial charge in [-0.3, -0.25) is 0 Å².